The SMILES string of the molecule is CCCCCCC(=O)NN=Cc1ccccc1C. The molecular formula is C15H22N2O. The van der Waals surface area contributed by atoms with E-state index in [1.807, 2.05) is 31.2 Å². The van der Waals surface area contributed by atoms with E-state index in [2.05, 4.69) is 17.5 Å². The first-order chi connectivity index (χ1) is 8.74. The number of hydrogen-bond donors (Lipinski definition) is 1. The summed E-state index contributed by atoms with van der Waals surface area (Å²) in [7, 11) is 0. The minimum absolute atomic E-state index is 0.00376. The Morgan fingerprint density at radius 3 is 2.78 bits per heavy atom. The second-order valence-corrected chi connectivity index (χ2v) is 4.46. The highest BCUT2D eigenvalue weighted by Crippen LogP contribution is 2.04. The number of hydrogen-bond acceptors (Lipinski definition) is 2. The fourth-order valence-corrected chi connectivity index (χ4v) is 1.67. The Hall–Kier alpha value is -1.64. The number of aryl methyl sites for hydroxylation is 1. The fourth-order valence-electron chi connectivity index (χ4n) is 1.67. The number of rotatable bonds is 7. The molecule has 3 nitrogen and oxygen atoms in total. The fraction of sp³-hybridized carbons (Fsp3) is 0.467. The minimum atomic E-state index is -0.00376. The Labute approximate surface area is 109 Å². The third-order valence-corrected chi connectivity index (χ3v) is 2.84. The molecule has 1 rings (SSSR count). The van der Waals surface area contributed by atoms with Crippen LogP contribution in [0.2, 0.25) is 0 Å². The van der Waals surface area contributed by atoms with Gasteiger partial charge in [0.25, 0.3) is 0 Å². The Kier molecular flexibility index (Phi) is 6.77. The zero-order valence-electron chi connectivity index (χ0n) is 11.3. The molecule has 1 N–H and O–H groups in total. The van der Waals surface area contributed by atoms with Gasteiger partial charge in [-0.3, -0.25) is 4.79 Å². The van der Waals surface area contributed by atoms with Crippen molar-refractivity contribution in [3.8, 4) is 0 Å². The number of carbonyl (C=O) groups excluding carboxylic acids is 1. The van der Waals surface area contributed by atoms with Crippen LogP contribution in [0, 0.1) is 6.92 Å². The van der Waals surface area contributed by atoms with E-state index in [4.69, 9.17) is 0 Å². The second-order valence-electron chi connectivity index (χ2n) is 4.46. The number of nitrogens with one attached hydrogen (secondary N) is 1. The molecule has 0 aliphatic carbocycles. The smallest absolute Gasteiger partial charge is 0.240 e. The Bertz CT molecular complexity index is 399. The van der Waals surface area contributed by atoms with E-state index in [1.54, 1.807) is 6.21 Å². The highest BCUT2D eigenvalue weighted by Gasteiger charge is 1.98. The van der Waals surface area contributed by atoms with Crippen molar-refractivity contribution in [2.75, 3.05) is 0 Å². The molecule has 1 amide bonds. The molecule has 3 heteroatoms. The number of unbranched alkanes of at least 4 members (excludes halogenated alkanes) is 3. The van der Waals surface area contributed by atoms with Gasteiger partial charge in [0.05, 0.1) is 6.21 Å². The first kappa shape index (κ1) is 14.4. The average molecular weight is 246 g/mol. The summed E-state index contributed by atoms with van der Waals surface area (Å²) in [6.45, 7) is 4.18. The van der Waals surface area contributed by atoms with Gasteiger partial charge in [-0.2, -0.15) is 5.10 Å². The van der Waals surface area contributed by atoms with E-state index in [0.29, 0.717) is 6.42 Å². The van der Waals surface area contributed by atoms with Crippen molar-refractivity contribution in [2.45, 2.75) is 46.0 Å². The van der Waals surface area contributed by atoms with E-state index in [9.17, 15) is 4.79 Å². The summed E-state index contributed by atoms with van der Waals surface area (Å²) < 4.78 is 0. The molecule has 1 aromatic carbocycles. The third-order valence-electron chi connectivity index (χ3n) is 2.84. The van der Waals surface area contributed by atoms with Crippen LogP contribution in [0.3, 0.4) is 0 Å². The first-order valence-electron chi connectivity index (χ1n) is 6.61. The summed E-state index contributed by atoms with van der Waals surface area (Å²) >= 11 is 0. The van der Waals surface area contributed by atoms with Gasteiger partial charge in [-0.25, -0.2) is 5.43 Å². The largest absolute Gasteiger partial charge is 0.273 e. The highest BCUT2D eigenvalue weighted by molar-refractivity contribution is 5.83. The van der Waals surface area contributed by atoms with Gasteiger partial charge in [0.15, 0.2) is 0 Å². The minimum Gasteiger partial charge on any atom is -0.273 e. The summed E-state index contributed by atoms with van der Waals surface area (Å²) in [5, 5.41) is 3.98. The maximum absolute atomic E-state index is 11.5. The van der Waals surface area contributed by atoms with Crippen LogP contribution in [0.25, 0.3) is 0 Å². The van der Waals surface area contributed by atoms with Gasteiger partial charge in [0.2, 0.25) is 5.91 Å². The predicted molar refractivity (Wildman–Crippen MR) is 75.7 cm³/mol. The topological polar surface area (TPSA) is 41.5 Å². The van der Waals surface area contributed by atoms with Crippen LogP contribution in [0.5, 0.6) is 0 Å². The van der Waals surface area contributed by atoms with Gasteiger partial charge in [-0.15, -0.1) is 0 Å². The van der Waals surface area contributed by atoms with Gasteiger partial charge in [-0.1, -0.05) is 50.5 Å². The predicted octanol–water partition coefficient (Wildman–Crippen LogP) is 3.42. The average Bonchev–Trinajstić information content (AvgIpc) is 2.37. The molecule has 0 radical (unpaired) electrons. The molecule has 0 aliphatic heterocycles. The van der Waals surface area contributed by atoms with Gasteiger partial charge < -0.3 is 0 Å². The van der Waals surface area contributed by atoms with Crippen LogP contribution in [0.15, 0.2) is 29.4 Å². The zero-order chi connectivity index (χ0) is 13.2. The van der Waals surface area contributed by atoms with E-state index in [1.165, 1.54) is 12.8 Å². The number of nitrogens with zero attached hydrogens (tertiary/aromatic N) is 1. The lowest BCUT2D eigenvalue weighted by Gasteiger charge is -2.00. The van der Waals surface area contributed by atoms with Gasteiger partial charge in [-0.05, 0) is 24.5 Å². The molecule has 0 unspecified atom stereocenters. The first-order valence-corrected chi connectivity index (χ1v) is 6.61. The molecule has 0 aromatic heterocycles. The molecule has 0 fully saturated rings. The van der Waals surface area contributed by atoms with Crippen molar-refractivity contribution >= 4 is 12.1 Å². The van der Waals surface area contributed by atoms with Crippen molar-refractivity contribution in [1.29, 1.82) is 0 Å². The van der Waals surface area contributed by atoms with Crippen molar-refractivity contribution in [1.82, 2.24) is 5.43 Å². The molecule has 1 aromatic rings. The number of carbonyl (C=O) groups is 1. The normalized spacial score (nSPS) is 10.8. The molecule has 0 atom stereocenters. The lowest BCUT2D eigenvalue weighted by molar-refractivity contribution is -0.121. The van der Waals surface area contributed by atoms with Crippen LogP contribution in [0.1, 0.15) is 50.2 Å². The van der Waals surface area contributed by atoms with Crippen molar-refractivity contribution < 1.29 is 4.79 Å². The standard InChI is InChI=1S/C15H22N2O/c1-3-4-5-6-11-15(18)17-16-12-14-10-8-7-9-13(14)2/h7-10,12H,3-6,11H2,1-2H3,(H,17,18). The quantitative estimate of drug-likeness (QED) is 0.447. The summed E-state index contributed by atoms with van der Waals surface area (Å²) in [6, 6.07) is 7.94. The van der Waals surface area contributed by atoms with Crippen LogP contribution >= 0.6 is 0 Å². The van der Waals surface area contributed by atoms with E-state index >= 15 is 0 Å². The number of benzene rings is 1. The lowest BCUT2D eigenvalue weighted by Crippen LogP contribution is -2.16. The number of amides is 1. The Morgan fingerprint density at radius 2 is 2.06 bits per heavy atom. The highest BCUT2D eigenvalue weighted by atomic mass is 16.2. The van der Waals surface area contributed by atoms with Gasteiger partial charge in [0, 0.05) is 6.42 Å². The van der Waals surface area contributed by atoms with E-state index in [-0.39, 0.29) is 5.91 Å². The molecular weight excluding hydrogens is 224 g/mol. The zero-order valence-corrected chi connectivity index (χ0v) is 11.3. The maximum atomic E-state index is 11.5. The molecule has 0 aliphatic rings. The molecule has 0 saturated heterocycles. The van der Waals surface area contributed by atoms with Crippen LogP contribution in [0.4, 0.5) is 0 Å². The summed E-state index contributed by atoms with van der Waals surface area (Å²) in [5.41, 5.74) is 4.75. The van der Waals surface area contributed by atoms with Crippen molar-refractivity contribution in [3.05, 3.63) is 35.4 Å². The molecule has 0 saturated carbocycles. The maximum Gasteiger partial charge on any atom is 0.240 e. The van der Waals surface area contributed by atoms with Crippen molar-refractivity contribution in [3.63, 3.8) is 0 Å². The van der Waals surface area contributed by atoms with Crippen LogP contribution in [-0.2, 0) is 4.79 Å². The van der Waals surface area contributed by atoms with Crippen LogP contribution < -0.4 is 5.43 Å². The molecule has 98 valence electrons. The van der Waals surface area contributed by atoms with Gasteiger partial charge >= 0.3 is 0 Å². The molecule has 18 heavy (non-hydrogen) atoms. The molecule has 0 heterocycles. The third kappa shape index (κ3) is 5.62. The van der Waals surface area contributed by atoms with Crippen LogP contribution in [-0.4, -0.2) is 12.1 Å². The molecule has 0 spiro atoms. The summed E-state index contributed by atoms with van der Waals surface area (Å²) in [5.74, 6) is -0.00376. The second kappa shape index (κ2) is 8.45. The Balaban J connectivity index is 2.28. The Morgan fingerprint density at radius 1 is 1.28 bits per heavy atom. The summed E-state index contributed by atoms with van der Waals surface area (Å²) in [6.07, 6.45) is 6.70. The number of hydrazone groups is 1. The van der Waals surface area contributed by atoms with E-state index in [0.717, 1.165) is 24.0 Å². The van der Waals surface area contributed by atoms with Gasteiger partial charge in [0.1, 0.15) is 0 Å². The van der Waals surface area contributed by atoms with E-state index < -0.39 is 0 Å². The monoisotopic (exact) mass is 246 g/mol. The lowest BCUT2D eigenvalue weighted by atomic mass is 10.1. The summed E-state index contributed by atoms with van der Waals surface area (Å²) in [4.78, 5) is 11.5. The molecule has 0 bridgehead atoms. The van der Waals surface area contributed by atoms with Crippen molar-refractivity contribution in [2.24, 2.45) is 5.10 Å².